The monoisotopic (exact) mass is 293 g/mol. The van der Waals surface area contributed by atoms with Gasteiger partial charge in [0.15, 0.2) is 0 Å². The topological polar surface area (TPSA) is 39.1 Å². The van der Waals surface area contributed by atoms with E-state index in [9.17, 15) is 0 Å². The van der Waals surface area contributed by atoms with E-state index in [0.717, 1.165) is 34.3 Å². The van der Waals surface area contributed by atoms with Gasteiger partial charge in [0.1, 0.15) is 12.4 Å². The van der Waals surface area contributed by atoms with E-state index in [1.807, 2.05) is 43.8 Å². The van der Waals surface area contributed by atoms with Crippen molar-refractivity contribution in [3.8, 4) is 5.75 Å². The SMILES string of the molecule is CNCc1ccccc1OCCn1nc(C)c(Cl)c1C. The molecule has 0 saturated heterocycles. The Kier molecular flexibility index (Phi) is 5.04. The summed E-state index contributed by atoms with van der Waals surface area (Å²) in [7, 11) is 1.93. The standard InChI is InChI=1S/C15H20ClN3O/c1-11-15(16)12(2)19(18-11)8-9-20-14-7-5-4-6-13(14)10-17-3/h4-7,17H,8-10H2,1-3H3. The van der Waals surface area contributed by atoms with Crippen molar-refractivity contribution >= 4 is 11.6 Å². The van der Waals surface area contributed by atoms with Gasteiger partial charge in [-0.25, -0.2) is 0 Å². The first-order valence-electron chi connectivity index (χ1n) is 6.68. The Morgan fingerprint density at radius 1 is 1.30 bits per heavy atom. The molecule has 1 aromatic carbocycles. The van der Waals surface area contributed by atoms with Gasteiger partial charge in [-0.3, -0.25) is 4.68 Å². The molecule has 108 valence electrons. The van der Waals surface area contributed by atoms with Crippen LogP contribution in [0, 0.1) is 13.8 Å². The number of ether oxygens (including phenoxy) is 1. The summed E-state index contributed by atoms with van der Waals surface area (Å²) >= 11 is 6.13. The Morgan fingerprint density at radius 2 is 2.05 bits per heavy atom. The van der Waals surface area contributed by atoms with Gasteiger partial charge >= 0.3 is 0 Å². The third-order valence-corrected chi connectivity index (χ3v) is 3.74. The number of aromatic nitrogens is 2. The fraction of sp³-hybridized carbons (Fsp3) is 0.400. The van der Waals surface area contributed by atoms with E-state index in [-0.39, 0.29) is 0 Å². The zero-order valence-electron chi connectivity index (χ0n) is 12.1. The lowest BCUT2D eigenvalue weighted by molar-refractivity contribution is 0.286. The molecule has 1 aromatic heterocycles. The zero-order chi connectivity index (χ0) is 14.5. The Balaban J connectivity index is 1.97. The van der Waals surface area contributed by atoms with Crippen LogP contribution in [0.4, 0.5) is 0 Å². The molecule has 4 nitrogen and oxygen atoms in total. The normalized spacial score (nSPS) is 10.8. The summed E-state index contributed by atoms with van der Waals surface area (Å²) in [6.07, 6.45) is 0. The van der Waals surface area contributed by atoms with Gasteiger partial charge < -0.3 is 10.1 Å². The van der Waals surface area contributed by atoms with Crippen LogP contribution in [-0.4, -0.2) is 23.4 Å². The number of nitrogens with zero attached hydrogens (tertiary/aromatic N) is 2. The van der Waals surface area contributed by atoms with Crippen LogP contribution in [0.5, 0.6) is 5.75 Å². The third kappa shape index (κ3) is 3.32. The lowest BCUT2D eigenvalue weighted by atomic mass is 10.2. The van der Waals surface area contributed by atoms with Gasteiger partial charge in [-0.05, 0) is 27.0 Å². The maximum Gasteiger partial charge on any atom is 0.123 e. The summed E-state index contributed by atoms with van der Waals surface area (Å²) in [5.41, 5.74) is 3.00. The van der Waals surface area contributed by atoms with E-state index in [0.29, 0.717) is 13.2 Å². The van der Waals surface area contributed by atoms with Crippen LogP contribution in [0.2, 0.25) is 5.02 Å². The number of benzene rings is 1. The average Bonchev–Trinajstić information content (AvgIpc) is 2.69. The molecule has 0 radical (unpaired) electrons. The second-order valence-corrected chi connectivity index (χ2v) is 5.07. The smallest absolute Gasteiger partial charge is 0.123 e. The zero-order valence-corrected chi connectivity index (χ0v) is 12.9. The number of hydrogen-bond donors (Lipinski definition) is 1. The van der Waals surface area contributed by atoms with Gasteiger partial charge in [0.05, 0.1) is 23.0 Å². The first kappa shape index (κ1) is 14.9. The van der Waals surface area contributed by atoms with Gasteiger partial charge in [0.2, 0.25) is 0 Å². The number of halogens is 1. The summed E-state index contributed by atoms with van der Waals surface area (Å²) in [6, 6.07) is 8.04. The summed E-state index contributed by atoms with van der Waals surface area (Å²) < 4.78 is 7.74. The minimum Gasteiger partial charge on any atom is -0.491 e. The summed E-state index contributed by atoms with van der Waals surface area (Å²) in [5.74, 6) is 0.912. The molecule has 1 N–H and O–H groups in total. The van der Waals surface area contributed by atoms with E-state index in [2.05, 4.69) is 16.5 Å². The fourth-order valence-corrected chi connectivity index (χ4v) is 2.25. The first-order valence-corrected chi connectivity index (χ1v) is 7.06. The number of rotatable bonds is 6. The van der Waals surface area contributed by atoms with Gasteiger partial charge in [-0.2, -0.15) is 5.10 Å². The molecule has 2 aromatic rings. The van der Waals surface area contributed by atoms with Crippen molar-refractivity contribution in [1.82, 2.24) is 15.1 Å². The van der Waals surface area contributed by atoms with Crippen LogP contribution in [0.25, 0.3) is 0 Å². The largest absolute Gasteiger partial charge is 0.491 e. The van der Waals surface area contributed by atoms with Crippen molar-refractivity contribution in [1.29, 1.82) is 0 Å². The number of nitrogens with one attached hydrogen (secondary N) is 1. The molecule has 0 unspecified atom stereocenters. The van der Waals surface area contributed by atoms with Crippen LogP contribution < -0.4 is 10.1 Å². The van der Waals surface area contributed by atoms with Crippen molar-refractivity contribution in [3.05, 3.63) is 46.2 Å². The van der Waals surface area contributed by atoms with Crippen molar-refractivity contribution in [2.24, 2.45) is 0 Å². The van der Waals surface area contributed by atoms with Gasteiger partial charge in [0, 0.05) is 12.1 Å². The maximum atomic E-state index is 6.13. The number of hydrogen-bond acceptors (Lipinski definition) is 3. The van der Waals surface area contributed by atoms with E-state index in [1.165, 1.54) is 0 Å². The minimum atomic E-state index is 0.568. The molecule has 0 atom stereocenters. The highest BCUT2D eigenvalue weighted by Crippen LogP contribution is 2.20. The van der Waals surface area contributed by atoms with Crippen LogP contribution in [0.15, 0.2) is 24.3 Å². The second-order valence-electron chi connectivity index (χ2n) is 4.69. The Hall–Kier alpha value is -1.52. The fourth-order valence-electron chi connectivity index (χ4n) is 2.12. The molecule has 1 heterocycles. The molecule has 0 saturated carbocycles. The molecule has 5 heteroatoms. The molecule has 0 fully saturated rings. The van der Waals surface area contributed by atoms with E-state index in [1.54, 1.807) is 0 Å². The highest BCUT2D eigenvalue weighted by atomic mass is 35.5. The Morgan fingerprint density at radius 3 is 2.70 bits per heavy atom. The van der Waals surface area contributed by atoms with E-state index >= 15 is 0 Å². The van der Waals surface area contributed by atoms with E-state index in [4.69, 9.17) is 16.3 Å². The maximum absolute atomic E-state index is 6.13. The van der Waals surface area contributed by atoms with Gasteiger partial charge in [-0.15, -0.1) is 0 Å². The first-order chi connectivity index (χ1) is 9.63. The Bertz CT molecular complexity index is 580. The molecule has 20 heavy (non-hydrogen) atoms. The third-order valence-electron chi connectivity index (χ3n) is 3.19. The molecule has 0 aliphatic carbocycles. The number of para-hydroxylation sites is 1. The van der Waals surface area contributed by atoms with E-state index < -0.39 is 0 Å². The van der Waals surface area contributed by atoms with Crippen molar-refractivity contribution in [3.63, 3.8) is 0 Å². The highest BCUT2D eigenvalue weighted by molar-refractivity contribution is 6.31. The lowest BCUT2D eigenvalue weighted by Gasteiger charge is -2.11. The summed E-state index contributed by atoms with van der Waals surface area (Å²) in [5, 5.41) is 8.27. The summed E-state index contributed by atoms with van der Waals surface area (Å²) in [4.78, 5) is 0. The minimum absolute atomic E-state index is 0.568. The highest BCUT2D eigenvalue weighted by Gasteiger charge is 2.09. The second kappa shape index (κ2) is 6.77. The number of aryl methyl sites for hydroxylation is 1. The van der Waals surface area contributed by atoms with Gasteiger partial charge in [0.25, 0.3) is 0 Å². The molecule has 2 rings (SSSR count). The van der Waals surface area contributed by atoms with Gasteiger partial charge in [-0.1, -0.05) is 29.8 Å². The molecule has 0 aliphatic rings. The molecule has 0 aliphatic heterocycles. The molecule has 0 bridgehead atoms. The van der Waals surface area contributed by atoms with Crippen molar-refractivity contribution < 1.29 is 4.74 Å². The Labute approximate surface area is 124 Å². The summed E-state index contributed by atoms with van der Waals surface area (Å²) in [6.45, 7) is 5.93. The molecule has 0 spiro atoms. The quantitative estimate of drug-likeness (QED) is 0.890. The average molecular weight is 294 g/mol. The van der Waals surface area contributed by atoms with Crippen LogP contribution in [0.1, 0.15) is 17.0 Å². The van der Waals surface area contributed by atoms with Crippen molar-refractivity contribution in [2.75, 3.05) is 13.7 Å². The van der Waals surface area contributed by atoms with Crippen LogP contribution in [0.3, 0.4) is 0 Å². The lowest BCUT2D eigenvalue weighted by Crippen LogP contribution is -2.13. The molecule has 0 amide bonds. The molecular weight excluding hydrogens is 274 g/mol. The van der Waals surface area contributed by atoms with Crippen LogP contribution in [-0.2, 0) is 13.1 Å². The van der Waals surface area contributed by atoms with Crippen LogP contribution >= 0.6 is 11.6 Å². The predicted octanol–water partition coefficient (Wildman–Crippen LogP) is 2.95. The molecular formula is C15H20ClN3O. The predicted molar refractivity (Wildman–Crippen MR) is 81.4 cm³/mol. The van der Waals surface area contributed by atoms with Crippen molar-refractivity contribution in [2.45, 2.75) is 26.9 Å².